The number of hydrogen-bond donors (Lipinski definition) is 2. The molecule has 0 spiro atoms. The van der Waals surface area contributed by atoms with Gasteiger partial charge in [-0.15, -0.1) is 0 Å². The lowest BCUT2D eigenvalue weighted by Gasteiger charge is -2.06. The van der Waals surface area contributed by atoms with Gasteiger partial charge in [-0.25, -0.2) is 14.8 Å². The van der Waals surface area contributed by atoms with E-state index in [4.69, 9.17) is 14.9 Å². The molecular formula is C21H20N4O5S. The third kappa shape index (κ3) is 5.28. The molecule has 0 aliphatic heterocycles. The second kappa shape index (κ2) is 9.90. The van der Waals surface area contributed by atoms with E-state index in [9.17, 15) is 14.4 Å². The zero-order chi connectivity index (χ0) is 22.4. The van der Waals surface area contributed by atoms with Gasteiger partial charge in [0.25, 0.3) is 5.91 Å². The summed E-state index contributed by atoms with van der Waals surface area (Å²) in [4.78, 5) is 44.8. The van der Waals surface area contributed by atoms with E-state index in [1.54, 1.807) is 13.0 Å². The number of thioether (sulfide) groups is 1. The van der Waals surface area contributed by atoms with Crippen molar-refractivity contribution in [3.05, 3.63) is 59.6 Å². The van der Waals surface area contributed by atoms with Crippen LogP contribution in [0.2, 0.25) is 0 Å². The second-order valence-corrected chi connectivity index (χ2v) is 7.26. The van der Waals surface area contributed by atoms with Gasteiger partial charge in [0, 0.05) is 5.56 Å². The number of nitrogens with two attached hydrogens (primary N) is 1. The number of ether oxygens (including phenoxy) is 1. The van der Waals surface area contributed by atoms with E-state index in [-0.39, 0.29) is 35.1 Å². The average Bonchev–Trinajstić information content (AvgIpc) is 3.09. The van der Waals surface area contributed by atoms with Gasteiger partial charge in [0.15, 0.2) is 0 Å². The molecule has 3 rings (SSSR count). The summed E-state index contributed by atoms with van der Waals surface area (Å²) in [6.07, 6.45) is 1.43. The van der Waals surface area contributed by atoms with Crippen LogP contribution >= 0.6 is 11.8 Å². The Labute approximate surface area is 182 Å². The highest BCUT2D eigenvalue weighted by Crippen LogP contribution is 2.28. The summed E-state index contributed by atoms with van der Waals surface area (Å²) >= 11 is 1.18. The number of nitrogens with zero attached hydrogens (tertiary/aromatic N) is 2. The summed E-state index contributed by atoms with van der Waals surface area (Å²) in [5.41, 5.74) is 6.74. The Morgan fingerprint density at radius 1 is 1.16 bits per heavy atom. The summed E-state index contributed by atoms with van der Waals surface area (Å²) in [6.45, 7) is 3.23. The smallest absolute Gasteiger partial charge is 0.342 e. The number of nitrogens with one attached hydrogen (secondary N) is 1. The van der Waals surface area contributed by atoms with Crippen LogP contribution in [-0.4, -0.2) is 40.1 Å². The molecule has 0 saturated carbocycles. The molecule has 0 fully saturated rings. The summed E-state index contributed by atoms with van der Waals surface area (Å²) in [5.74, 6) is -2.20. The van der Waals surface area contributed by atoms with Gasteiger partial charge in [0.2, 0.25) is 11.8 Å². The number of aromatic nitrogens is 2. The van der Waals surface area contributed by atoms with Crippen molar-refractivity contribution < 1.29 is 23.5 Å². The molecule has 3 aromatic rings. The molecule has 9 nitrogen and oxygen atoms in total. The van der Waals surface area contributed by atoms with E-state index < -0.39 is 17.8 Å². The van der Waals surface area contributed by atoms with Crippen molar-refractivity contribution in [1.29, 1.82) is 0 Å². The molecule has 2 amide bonds. The maximum absolute atomic E-state index is 12.4. The molecule has 3 N–H and O–H groups in total. The highest BCUT2D eigenvalue weighted by atomic mass is 32.2. The Hall–Kier alpha value is -3.66. The van der Waals surface area contributed by atoms with Crippen LogP contribution in [0.25, 0.3) is 11.3 Å². The maximum atomic E-state index is 12.4. The fourth-order valence-electron chi connectivity index (χ4n) is 2.80. The largest absolute Gasteiger partial charge is 0.462 e. The van der Waals surface area contributed by atoms with E-state index in [1.165, 1.54) is 25.0 Å². The number of benzene rings is 1. The lowest BCUT2D eigenvalue weighted by molar-refractivity contribution is -0.113. The molecule has 0 radical (unpaired) electrons. The third-order valence-corrected chi connectivity index (χ3v) is 5.05. The number of carbonyl (C=O) groups is 3. The number of furan rings is 1. The Balaban J connectivity index is 1.71. The molecule has 10 heteroatoms. The van der Waals surface area contributed by atoms with Crippen LogP contribution in [0.15, 0.2) is 52.2 Å². The van der Waals surface area contributed by atoms with Crippen LogP contribution in [-0.2, 0) is 9.53 Å². The third-order valence-electron chi connectivity index (χ3n) is 4.13. The lowest BCUT2D eigenvalue weighted by Crippen LogP contribution is -2.21. The van der Waals surface area contributed by atoms with Crippen molar-refractivity contribution >= 4 is 35.4 Å². The second-order valence-electron chi connectivity index (χ2n) is 6.27. The Morgan fingerprint density at radius 2 is 1.90 bits per heavy atom. The fourth-order valence-corrected chi connectivity index (χ4v) is 3.47. The van der Waals surface area contributed by atoms with Gasteiger partial charge >= 0.3 is 5.97 Å². The van der Waals surface area contributed by atoms with Crippen molar-refractivity contribution in [2.75, 3.05) is 17.7 Å². The molecule has 31 heavy (non-hydrogen) atoms. The number of rotatable bonds is 8. The Bertz CT molecular complexity index is 1110. The van der Waals surface area contributed by atoms with Crippen molar-refractivity contribution in [1.82, 2.24) is 9.97 Å². The minimum atomic E-state index is -0.911. The minimum absolute atomic E-state index is 0.0159. The van der Waals surface area contributed by atoms with Crippen LogP contribution in [0.4, 0.5) is 5.88 Å². The summed E-state index contributed by atoms with van der Waals surface area (Å²) in [6, 6.07) is 11.4. The molecule has 0 saturated heterocycles. The van der Waals surface area contributed by atoms with Crippen LogP contribution in [0.3, 0.4) is 0 Å². The highest BCUT2D eigenvalue weighted by molar-refractivity contribution is 7.99. The van der Waals surface area contributed by atoms with Crippen molar-refractivity contribution in [2.45, 2.75) is 18.9 Å². The van der Waals surface area contributed by atoms with E-state index >= 15 is 0 Å². The number of carbonyl (C=O) groups excluding carboxylic acids is 3. The average molecular weight is 440 g/mol. The van der Waals surface area contributed by atoms with Gasteiger partial charge in [-0.1, -0.05) is 42.1 Å². The first kappa shape index (κ1) is 22.0. The Morgan fingerprint density at radius 3 is 2.58 bits per heavy atom. The van der Waals surface area contributed by atoms with Gasteiger partial charge in [-0.3, -0.25) is 14.9 Å². The summed E-state index contributed by atoms with van der Waals surface area (Å²) < 4.78 is 10.3. The van der Waals surface area contributed by atoms with E-state index in [1.807, 2.05) is 30.3 Å². The molecule has 0 bridgehead atoms. The predicted octanol–water partition coefficient (Wildman–Crippen LogP) is 3.05. The first-order chi connectivity index (χ1) is 14.9. The van der Waals surface area contributed by atoms with Gasteiger partial charge < -0.3 is 14.9 Å². The molecular weight excluding hydrogens is 420 g/mol. The number of esters is 1. The monoisotopic (exact) mass is 440 g/mol. The molecule has 2 aromatic heterocycles. The molecule has 160 valence electrons. The number of primary amides is 1. The predicted molar refractivity (Wildman–Crippen MR) is 115 cm³/mol. The molecule has 0 aliphatic rings. The highest BCUT2D eigenvalue weighted by Gasteiger charge is 2.29. The molecule has 1 aromatic carbocycles. The zero-order valence-electron chi connectivity index (χ0n) is 16.9. The number of anilines is 1. The molecule has 0 unspecified atom stereocenters. The normalized spacial score (nSPS) is 10.5. The van der Waals surface area contributed by atoms with Crippen LogP contribution in [0.5, 0.6) is 0 Å². The van der Waals surface area contributed by atoms with E-state index in [2.05, 4.69) is 15.3 Å². The van der Waals surface area contributed by atoms with Gasteiger partial charge in [-0.2, -0.15) is 0 Å². The van der Waals surface area contributed by atoms with Crippen molar-refractivity contribution in [2.24, 2.45) is 5.73 Å². The standard InChI is InChI=1S/C21H20N4O5S/c1-3-29-21(28)17-12(2)30-20(18(17)19(22)27)25-15(26)10-31-16-9-14(23-11-24-16)13-7-5-4-6-8-13/h4-9,11H,3,10H2,1-2H3,(H2,22,27)(H,25,26). The minimum Gasteiger partial charge on any atom is -0.462 e. The van der Waals surface area contributed by atoms with E-state index in [0.717, 1.165) is 11.3 Å². The first-order valence-electron chi connectivity index (χ1n) is 9.31. The van der Waals surface area contributed by atoms with Crippen LogP contribution in [0.1, 0.15) is 33.4 Å². The molecule has 0 aliphatic carbocycles. The van der Waals surface area contributed by atoms with E-state index in [0.29, 0.717) is 5.03 Å². The SMILES string of the molecule is CCOC(=O)c1c(C)oc(NC(=O)CSc2cc(-c3ccccc3)ncn2)c1C(N)=O. The van der Waals surface area contributed by atoms with Crippen molar-refractivity contribution in [3.8, 4) is 11.3 Å². The van der Waals surface area contributed by atoms with Crippen LogP contribution < -0.4 is 11.1 Å². The molecule has 0 atom stereocenters. The van der Waals surface area contributed by atoms with Gasteiger partial charge in [-0.05, 0) is 19.9 Å². The number of hydrogen-bond acceptors (Lipinski definition) is 8. The van der Waals surface area contributed by atoms with Crippen molar-refractivity contribution in [3.63, 3.8) is 0 Å². The zero-order valence-corrected chi connectivity index (χ0v) is 17.7. The van der Waals surface area contributed by atoms with Gasteiger partial charge in [0.1, 0.15) is 28.2 Å². The number of amides is 2. The topological polar surface area (TPSA) is 137 Å². The summed E-state index contributed by atoms with van der Waals surface area (Å²) in [5, 5.41) is 3.09. The van der Waals surface area contributed by atoms with Crippen LogP contribution in [0, 0.1) is 6.92 Å². The lowest BCUT2D eigenvalue weighted by atomic mass is 10.1. The quantitative estimate of drug-likeness (QED) is 0.310. The fraction of sp³-hybridized carbons (Fsp3) is 0.190. The van der Waals surface area contributed by atoms with Gasteiger partial charge in [0.05, 0.1) is 18.1 Å². The summed E-state index contributed by atoms with van der Waals surface area (Å²) in [7, 11) is 0. The Kier molecular flexibility index (Phi) is 7.03. The molecule has 2 heterocycles. The first-order valence-corrected chi connectivity index (χ1v) is 10.3. The number of aryl methyl sites for hydroxylation is 1. The maximum Gasteiger partial charge on any atom is 0.342 e.